The predicted molar refractivity (Wildman–Crippen MR) is 67.8 cm³/mol. The molecular weight excluding hydrogens is 212 g/mol. The minimum Gasteiger partial charge on any atom is -0.508 e. The van der Waals surface area contributed by atoms with E-state index in [0.29, 0.717) is 29.8 Å². The smallest absolute Gasteiger partial charge is 0.115 e. The van der Waals surface area contributed by atoms with E-state index in [1.807, 2.05) is 12.1 Å². The topological polar surface area (TPSA) is 58.3 Å². The number of nitrogens with two attached hydrogens (primary N) is 1. The van der Waals surface area contributed by atoms with Gasteiger partial charge in [0.2, 0.25) is 0 Å². The van der Waals surface area contributed by atoms with Crippen LogP contribution in [0.15, 0.2) is 24.3 Å². The van der Waals surface area contributed by atoms with E-state index < -0.39 is 0 Å². The molecule has 0 spiro atoms. The first-order valence-corrected chi connectivity index (χ1v) is 6.52. The van der Waals surface area contributed by atoms with Gasteiger partial charge in [-0.1, -0.05) is 12.1 Å². The molecule has 4 unspecified atom stereocenters. The summed E-state index contributed by atoms with van der Waals surface area (Å²) in [5, 5.41) is 13.0. The Balaban J connectivity index is 1.73. The van der Waals surface area contributed by atoms with Gasteiger partial charge in [0, 0.05) is 18.1 Å². The molecule has 2 aliphatic heterocycles. The number of fused-ring (bicyclic) bond motifs is 2. The second kappa shape index (κ2) is 4.31. The fourth-order valence-electron chi connectivity index (χ4n) is 3.37. The molecule has 92 valence electrons. The predicted octanol–water partition coefficient (Wildman–Crippen LogP) is 1.40. The molecule has 2 saturated heterocycles. The van der Waals surface area contributed by atoms with Gasteiger partial charge in [0.05, 0.1) is 0 Å². The molecule has 17 heavy (non-hydrogen) atoms. The lowest BCUT2D eigenvalue weighted by Gasteiger charge is -2.35. The van der Waals surface area contributed by atoms with Crippen molar-refractivity contribution < 1.29 is 5.11 Å². The summed E-state index contributed by atoms with van der Waals surface area (Å²) < 4.78 is 0. The quantitative estimate of drug-likeness (QED) is 0.722. The average molecular weight is 232 g/mol. The molecule has 0 amide bonds. The van der Waals surface area contributed by atoms with Gasteiger partial charge in [-0.3, -0.25) is 0 Å². The van der Waals surface area contributed by atoms with Crippen LogP contribution in [0.1, 0.15) is 24.8 Å². The molecule has 4 atom stereocenters. The van der Waals surface area contributed by atoms with Crippen LogP contribution in [0.5, 0.6) is 5.75 Å². The Labute approximate surface area is 102 Å². The zero-order chi connectivity index (χ0) is 11.8. The largest absolute Gasteiger partial charge is 0.508 e. The van der Waals surface area contributed by atoms with E-state index >= 15 is 0 Å². The highest BCUT2D eigenvalue weighted by Gasteiger charge is 2.39. The van der Waals surface area contributed by atoms with Crippen LogP contribution in [0.4, 0.5) is 0 Å². The monoisotopic (exact) mass is 232 g/mol. The van der Waals surface area contributed by atoms with Crippen LogP contribution >= 0.6 is 0 Å². The Morgan fingerprint density at radius 3 is 2.76 bits per heavy atom. The van der Waals surface area contributed by atoms with Gasteiger partial charge < -0.3 is 16.2 Å². The maximum Gasteiger partial charge on any atom is 0.115 e. The van der Waals surface area contributed by atoms with Crippen molar-refractivity contribution in [3.63, 3.8) is 0 Å². The summed E-state index contributed by atoms with van der Waals surface area (Å²) in [6.07, 6.45) is 4.68. The fraction of sp³-hybridized carbons (Fsp3) is 0.571. The van der Waals surface area contributed by atoms with Crippen molar-refractivity contribution in [1.82, 2.24) is 5.32 Å². The van der Waals surface area contributed by atoms with Crippen LogP contribution in [0, 0.1) is 5.92 Å². The third-order valence-electron chi connectivity index (χ3n) is 4.31. The first kappa shape index (κ1) is 11.1. The third-order valence-corrected chi connectivity index (χ3v) is 4.31. The molecule has 4 N–H and O–H groups in total. The molecule has 2 heterocycles. The van der Waals surface area contributed by atoms with Crippen LogP contribution in [0.3, 0.4) is 0 Å². The first-order chi connectivity index (χ1) is 8.22. The maximum absolute atomic E-state index is 9.28. The maximum atomic E-state index is 9.28. The molecule has 3 rings (SSSR count). The van der Waals surface area contributed by atoms with Crippen LogP contribution in [-0.4, -0.2) is 23.2 Å². The molecule has 0 saturated carbocycles. The van der Waals surface area contributed by atoms with E-state index in [2.05, 4.69) is 5.32 Å². The highest BCUT2D eigenvalue weighted by Crippen LogP contribution is 2.32. The minimum absolute atomic E-state index is 0.322. The van der Waals surface area contributed by atoms with Crippen molar-refractivity contribution in [1.29, 1.82) is 0 Å². The van der Waals surface area contributed by atoms with Crippen molar-refractivity contribution in [2.45, 2.75) is 43.8 Å². The van der Waals surface area contributed by atoms with E-state index in [-0.39, 0.29) is 0 Å². The van der Waals surface area contributed by atoms with E-state index in [9.17, 15) is 5.11 Å². The van der Waals surface area contributed by atoms with Crippen molar-refractivity contribution in [2.24, 2.45) is 11.7 Å². The number of nitrogens with one attached hydrogen (secondary N) is 1. The van der Waals surface area contributed by atoms with Gasteiger partial charge in [-0.05, 0) is 49.3 Å². The summed E-state index contributed by atoms with van der Waals surface area (Å²) in [5.41, 5.74) is 7.56. The highest BCUT2D eigenvalue weighted by atomic mass is 16.3. The number of phenolic OH excluding ortho intramolecular Hbond substituents is 1. The number of phenols is 1. The molecule has 0 aliphatic carbocycles. The van der Waals surface area contributed by atoms with Crippen LogP contribution in [0.25, 0.3) is 0 Å². The molecule has 2 fully saturated rings. The second-order valence-corrected chi connectivity index (χ2v) is 5.48. The number of rotatable bonds is 2. The summed E-state index contributed by atoms with van der Waals surface area (Å²) in [6, 6.07) is 9.10. The zero-order valence-corrected chi connectivity index (χ0v) is 9.97. The number of hydrogen-bond acceptors (Lipinski definition) is 3. The normalized spacial score (nSPS) is 36.1. The van der Waals surface area contributed by atoms with E-state index in [0.717, 1.165) is 12.8 Å². The van der Waals surface area contributed by atoms with Crippen molar-refractivity contribution in [3.05, 3.63) is 29.8 Å². The fourth-order valence-corrected chi connectivity index (χ4v) is 3.37. The molecular formula is C14H20N2O. The van der Waals surface area contributed by atoms with Crippen LogP contribution < -0.4 is 11.1 Å². The van der Waals surface area contributed by atoms with E-state index in [4.69, 9.17) is 5.73 Å². The van der Waals surface area contributed by atoms with Gasteiger partial charge in [-0.25, -0.2) is 0 Å². The molecule has 1 aromatic carbocycles. The Kier molecular flexibility index (Phi) is 2.81. The summed E-state index contributed by atoms with van der Waals surface area (Å²) in [6.45, 7) is 0. The number of aromatic hydroxyl groups is 1. The number of benzene rings is 1. The SMILES string of the molecule is NC1CC2CCC(N2)C1Cc1ccc(O)cc1. The molecule has 2 aliphatic rings. The number of hydrogen-bond donors (Lipinski definition) is 3. The minimum atomic E-state index is 0.322. The van der Waals surface area contributed by atoms with E-state index in [1.165, 1.54) is 18.4 Å². The van der Waals surface area contributed by atoms with Crippen LogP contribution in [0.2, 0.25) is 0 Å². The number of piperidine rings is 1. The molecule has 1 aromatic rings. The van der Waals surface area contributed by atoms with Crippen LogP contribution in [-0.2, 0) is 6.42 Å². The zero-order valence-electron chi connectivity index (χ0n) is 9.97. The van der Waals surface area contributed by atoms with Gasteiger partial charge in [0.1, 0.15) is 5.75 Å². The lowest BCUT2D eigenvalue weighted by Crippen LogP contribution is -2.52. The molecule has 0 aromatic heterocycles. The van der Waals surface area contributed by atoms with Gasteiger partial charge in [-0.15, -0.1) is 0 Å². The first-order valence-electron chi connectivity index (χ1n) is 6.52. The molecule has 0 radical (unpaired) electrons. The van der Waals surface area contributed by atoms with Crippen molar-refractivity contribution in [2.75, 3.05) is 0 Å². The lowest BCUT2D eigenvalue weighted by molar-refractivity contribution is 0.250. The molecule has 3 heteroatoms. The van der Waals surface area contributed by atoms with E-state index in [1.54, 1.807) is 12.1 Å². The van der Waals surface area contributed by atoms with Crippen molar-refractivity contribution in [3.8, 4) is 5.75 Å². The van der Waals surface area contributed by atoms with Gasteiger partial charge in [0.25, 0.3) is 0 Å². The summed E-state index contributed by atoms with van der Waals surface area (Å²) >= 11 is 0. The average Bonchev–Trinajstić information content (AvgIpc) is 2.71. The summed E-state index contributed by atoms with van der Waals surface area (Å²) in [7, 11) is 0. The van der Waals surface area contributed by atoms with Gasteiger partial charge >= 0.3 is 0 Å². The molecule has 3 nitrogen and oxygen atoms in total. The Morgan fingerprint density at radius 1 is 1.24 bits per heavy atom. The highest BCUT2D eigenvalue weighted by molar-refractivity contribution is 5.26. The standard InChI is InChI=1S/C14H20N2O/c15-13-8-10-3-6-14(16-10)12(13)7-9-1-4-11(17)5-2-9/h1-2,4-5,10,12-14,16-17H,3,6-8,15H2. The van der Waals surface area contributed by atoms with Gasteiger partial charge in [-0.2, -0.15) is 0 Å². The van der Waals surface area contributed by atoms with Crippen molar-refractivity contribution >= 4 is 0 Å². The summed E-state index contributed by atoms with van der Waals surface area (Å²) in [4.78, 5) is 0. The van der Waals surface area contributed by atoms with Gasteiger partial charge in [0.15, 0.2) is 0 Å². The Morgan fingerprint density at radius 2 is 2.00 bits per heavy atom. The summed E-state index contributed by atoms with van der Waals surface area (Å²) in [5.74, 6) is 0.874. The Bertz CT molecular complexity index is 390. The Hall–Kier alpha value is -1.06. The second-order valence-electron chi connectivity index (χ2n) is 5.48. The lowest BCUT2D eigenvalue weighted by atomic mass is 9.83. The third kappa shape index (κ3) is 2.17. The molecule has 2 bridgehead atoms.